The van der Waals surface area contributed by atoms with Crippen LogP contribution in [0, 0.1) is 13.8 Å². The molecule has 2 aromatic carbocycles. The molecule has 138 valence electrons. The zero-order valence-corrected chi connectivity index (χ0v) is 15.9. The summed E-state index contributed by atoms with van der Waals surface area (Å²) in [5, 5.41) is 4.48. The largest absolute Gasteiger partial charge is 0.488 e. The summed E-state index contributed by atoms with van der Waals surface area (Å²) in [6.45, 7) is 7.37. The van der Waals surface area contributed by atoms with E-state index in [0.29, 0.717) is 13.2 Å². The maximum Gasteiger partial charge on any atom is 0.248 e. The zero-order chi connectivity index (χ0) is 19.0. The lowest BCUT2D eigenvalue weighted by Gasteiger charge is -2.23. The lowest BCUT2D eigenvalue weighted by Crippen LogP contribution is -2.34. The molecule has 0 saturated carbocycles. The Bertz CT molecular complexity index is 1010. The van der Waals surface area contributed by atoms with E-state index in [0.717, 1.165) is 39.4 Å². The summed E-state index contributed by atoms with van der Waals surface area (Å²) in [5.41, 5.74) is 6.20. The van der Waals surface area contributed by atoms with Gasteiger partial charge in [-0.2, -0.15) is 5.10 Å². The van der Waals surface area contributed by atoms with Gasteiger partial charge < -0.3 is 9.64 Å². The number of ether oxygens (including phenoxy) is 1. The highest BCUT2D eigenvalue weighted by Crippen LogP contribution is 2.38. The van der Waals surface area contributed by atoms with E-state index in [1.165, 1.54) is 0 Å². The van der Waals surface area contributed by atoms with Gasteiger partial charge in [-0.15, -0.1) is 0 Å². The molecule has 5 nitrogen and oxygen atoms in total. The fraction of sp³-hybridized carbons (Fsp3) is 0.273. The van der Waals surface area contributed by atoms with E-state index in [1.807, 2.05) is 50.2 Å². The first kappa shape index (κ1) is 17.3. The fourth-order valence-electron chi connectivity index (χ4n) is 3.58. The summed E-state index contributed by atoms with van der Waals surface area (Å²) < 4.78 is 7.63. The number of hydrogen-bond donors (Lipinski definition) is 0. The third-order valence-corrected chi connectivity index (χ3v) is 4.90. The molecule has 0 spiro atoms. The molecule has 1 aliphatic heterocycles. The maximum atomic E-state index is 13.1. The smallest absolute Gasteiger partial charge is 0.248 e. The SMILES string of the molecule is CCN(C(=O)Cn1ncc2c1-c1cc(C)ccc1OC2)c1cccc(C)c1. The Labute approximate surface area is 159 Å². The maximum absolute atomic E-state index is 13.1. The van der Waals surface area contributed by atoms with Crippen molar-refractivity contribution in [1.29, 1.82) is 0 Å². The molecule has 5 heteroatoms. The molecule has 2 heterocycles. The van der Waals surface area contributed by atoms with E-state index in [-0.39, 0.29) is 12.5 Å². The van der Waals surface area contributed by atoms with Gasteiger partial charge in [0.2, 0.25) is 5.91 Å². The van der Waals surface area contributed by atoms with Crippen molar-refractivity contribution in [2.45, 2.75) is 33.9 Å². The molecule has 0 atom stereocenters. The number of aromatic nitrogens is 2. The number of benzene rings is 2. The molecule has 1 aromatic heterocycles. The Kier molecular flexibility index (Phi) is 4.44. The van der Waals surface area contributed by atoms with Crippen molar-refractivity contribution in [3.63, 3.8) is 0 Å². The number of anilines is 1. The van der Waals surface area contributed by atoms with Crippen LogP contribution in [-0.2, 0) is 17.9 Å². The third kappa shape index (κ3) is 3.21. The van der Waals surface area contributed by atoms with Crippen LogP contribution in [0.15, 0.2) is 48.7 Å². The zero-order valence-electron chi connectivity index (χ0n) is 15.9. The Hall–Kier alpha value is -3.08. The summed E-state index contributed by atoms with van der Waals surface area (Å²) in [7, 11) is 0. The quantitative estimate of drug-likeness (QED) is 0.702. The third-order valence-electron chi connectivity index (χ3n) is 4.90. The van der Waals surface area contributed by atoms with E-state index in [9.17, 15) is 4.79 Å². The summed E-state index contributed by atoms with van der Waals surface area (Å²) in [6.07, 6.45) is 1.80. The molecule has 0 saturated heterocycles. The molecular weight excluding hydrogens is 338 g/mol. The molecule has 1 aliphatic rings. The van der Waals surface area contributed by atoms with Gasteiger partial charge in [0.25, 0.3) is 0 Å². The second-order valence-electron chi connectivity index (χ2n) is 6.94. The molecule has 27 heavy (non-hydrogen) atoms. The molecule has 0 fully saturated rings. The highest BCUT2D eigenvalue weighted by molar-refractivity contribution is 5.93. The number of likely N-dealkylation sites (N-methyl/N-ethyl adjacent to an activating group) is 1. The van der Waals surface area contributed by atoms with Gasteiger partial charge in [0, 0.05) is 23.4 Å². The van der Waals surface area contributed by atoms with Crippen LogP contribution in [0.5, 0.6) is 5.75 Å². The van der Waals surface area contributed by atoms with Crippen LogP contribution in [0.2, 0.25) is 0 Å². The average molecular weight is 361 g/mol. The standard InChI is InChI=1S/C22H23N3O2/c1-4-24(18-7-5-6-15(2)10-18)21(26)13-25-22-17(12-23-25)14-27-20-9-8-16(3)11-19(20)22/h5-12H,4,13-14H2,1-3H3. The molecule has 1 amide bonds. The minimum atomic E-state index is 0.0229. The average Bonchev–Trinajstić information content (AvgIpc) is 3.05. The van der Waals surface area contributed by atoms with E-state index in [1.54, 1.807) is 15.8 Å². The normalized spacial score (nSPS) is 12.1. The first-order valence-electron chi connectivity index (χ1n) is 9.22. The predicted molar refractivity (Wildman–Crippen MR) is 106 cm³/mol. The first-order chi connectivity index (χ1) is 13.1. The van der Waals surface area contributed by atoms with Crippen molar-refractivity contribution >= 4 is 11.6 Å². The van der Waals surface area contributed by atoms with Gasteiger partial charge in [-0.25, -0.2) is 0 Å². The lowest BCUT2D eigenvalue weighted by molar-refractivity contribution is -0.119. The number of nitrogens with zero attached hydrogens (tertiary/aromatic N) is 3. The fourth-order valence-corrected chi connectivity index (χ4v) is 3.58. The second kappa shape index (κ2) is 6.91. The minimum absolute atomic E-state index is 0.0229. The molecule has 0 N–H and O–H groups in total. The van der Waals surface area contributed by atoms with Crippen LogP contribution in [0.25, 0.3) is 11.3 Å². The van der Waals surface area contributed by atoms with Gasteiger partial charge in [0.15, 0.2) is 0 Å². The van der Waals surface area contributed by atoms with Gasteiger partial charge >= 0.3 is 0 Å². The van der Waals surface area contributed by atoms with Crippen LogP contribution in [0.4, 0.5) is 5.69 Å². The lowest BCUT2D eigenvalue weighted by atomic mass is 10.0. The van der Waals surface area contributed by atoms with E-state index >= 15 is 0 Å². The van der Waals surface area contributed by atoms with Crippen molar-refractivity contribution in [1.82, 2.24) is 9.78 Å². The van der Waals surface area contributed by atoms with Crippen molar-refractivity contribution in [2.24, 2.45) is 0 Å². The highest BCUT2D eigenvalue weighted by atomic mass is 16.5. The number of rotatable bonds is 4. The Morgan fingerprint density at radius 3 is 2.78 bits per heavy atom. The molecular formula is C22H23N3O2. The Morgan fingerprint density at radius 1 is 1.19 bits per heavy atom. The van der Waals surface area contributed by atoms with Gasteiger partial charge in [0.05, 0.1) is 11.9 Å². The summed E-state index contributed by atoms with van der Waals surface area (Å²) in [6, 6.07) is 14.1. The molecule has 0 unspecified atom stereocenters. The first-order valence-corrected chi connectivity index (χ1v) is 9.22. The molecule has 3 aromatic rings. The number of aryl methyl sites for hydroxylation is 2. The number of hydrogen-bond acceptors (Lipinski definition) is 3. The topological polar surface area (TPSA) is 47.4 Å². The van der Waals surface area contributed by atoms with E-state index in [2.05, 4.69) is 18.1 Å². The van der Waals surface area contributed by atoms with Crippen molar-refractivity contribution in [3.8, 4) is 17.0 Å². The number of fused-ring (bicyclic) bond motifs is 3. The molecule has 0 aliphatic carbocycles. The predicted octanol–water partition coefficient (Wildman–Crippen LogP) is 4.11. The number of carbonyl (C=O) groups is 1. The van der Waals surface area contributed by atoms with Crippen LogP contribution in [0.3, 0.4) is 0 Å². The van der Waals surface area contributed by atoms with Crippen LogP contribution < -0.4 is 9.64 Å². The minimum Gasteiger partial charge on any atom is -0.488 e. The van der Waals surface area contributed by atoms with Crippen LogP contribution >= 0.6 is 0 Å². The monoisotopic (exact) mass is 361 g/mol. The Morgan fingerprint density at radius 2 is 2.00 bits per heavy atom. The van der Waals surface area contributed by atoms with Gasteiger partial charge in [-0.3, -0.25) is 9.48 Å². The molecule has 0 radical (unpaired) electrons. The van der Waals surface area contributed by atoms with Gasteiger partial charge in [0.1, 0.15) is 18.9 Å². The number of amides is 1. The van der Waals surface area contributed by atoms with Crippen LogP contribution in [0.1, 0.15) is 23.6 Å². The summed E-state index contributed by atoms with van der Waals surface area (Å²) >= 11 is 0. The molecule has 4 rings (SSSR count). The summed E-state index contributed by atoms with van der Waals surface area (Å²) in [4.78, 5) is 14.9. The van der Waals surface area contributed by atoms with E-state index in [4.69, 9.17) is 4.74 Å². The van der Waals surface area contributed by atoms with Gasteiger partial charge in [-0.1, -0.05) is 23.8 Å². The van der Waals surface area contributed by atoms with Gasteiger partial charge in [-0.05, 0) is 50.6 Å². The molecule has 0 bridgehead atoms. The summed E-state index contributed by atoms with van der Waals surface area (Å²) in [5.74, 6) is 0.864. The van der Waals surface area contributed by atoms with Crippen molar-refractivity contribution in [2.75, 3.05) is 11.4 Å². The Balaban J connectivity index is 1.66. The second-order valence-corrected chi connectivity index (χ2v) is 6.94. The van der Waals surface area contributed by atoms with E-state index < -0.39 is 0 Å². The van der Waals surface area contributed by atoms with Crippen molar-refractivity contribution in [3.05, 3.63) is 65.4 Å². The van der Waals surface area contributed by atoms with Crippen LogP contribution in [-0.4, -0.2) is 22.2 Å². The number of carbonyl (C=O) groups excluding carboxylic acids is 1. The highest BCUT2D eigenvalue weighted by Gasteiger charge is 2.24. The van der Waals surface area contributed by atoms with Crippen molar-refractivity contribution < 1.29 is 9.53 Å².